The Morgan fingerprint density at radius 3 is 2.87 bits per heavy atom. The highest BCUT2D eigenvalue weighted by Crippen LogP contribution is 2.30. The molecular weight excluding hydrogens is 190 g/mol. The zero-order chi connectivity index (χ0) is 10.8. The van der Waals surface area contributed by atoms with Gasteiger partial charge in [-0.25, -0.2) is 0 Å². The predicted octanol–water partition coefficient (Wildman–Crippen LogP) is 1.43. The number of rotatable bonds is 2. The number of carbonyl (C=O) groups excluding carboxylic acids is 1. The van der Waals surface area contributed by atoms with Crippen LogP contribution in [0.3, 0.4) is 0 Å². The molecule has 1 aliphatic rings. The minimum Gasteiger partial charge on any atom is -0.469 e. The average Bonchev–Trinajstić information content (AvgIpc) is 2.16. The molecule has 1 fully saturated rings. The number of ether oxygens (including phenoxy) is 1. The zero-order valence-corrected chi connectivity index (χ0v) is 8.99. The molecule has 1 heterocycles. The third-order valence-electron chi connectivity index (χ3n) is 2.87. The van der Waals surface area contributed by atoms with E-state index in [0.717, 1.165) is 5.56 Å². The topological polar surface area (TPSA) is 38.3 Å². The first kappa shape index (κ1) is 10.2. The Balaban J connectivity index is 2.15. The molecule has 80 valence electrons. The number of hydrogen-bond acceptors (Lipinski definition) is 3. The molecule has 3 nitrogen and oxygen atoms in total. The lowest BCUT2D eigenvalue weighted by molar-refractivity contribution is -0.149. The molecule has 0 aliphatic carbocycles. The molecule has 2 unspecified atom stereocenters. The van der Waals surface area contributed by atoms with Crippen LogP contribution >= 0.6 is 0 Å². The molecule has 1 saturated heterocycles. The van der Waals surface area contributed by atoms with Crippen molar-refractivity contribution in [1.82, 2.24) is 5.32 Å². The van der Waals surface area contributed by atoms with Gasteiger partial charge in [0, 0.05) is 12.6 Å². The van der Waals surface area contributed by atoms with E-state index in [0.29, 0.717) is 6.54 Å². The Kier molecular flexibility index (Phi) is 2.73. The Morgan fingerprint density at radius 1 is 1.53 bits per heavy atom. The fraction of sp³-hybridized carbons (Fsp3) is 0.417. The number of carbonyl (C=O) groups is 1. The van der Waals surface area contributed by atoms with Gasteiger partial charge in [-0.3, -0.25) is 4.79 Å². The molecule has 0 radical (unpaired) electrons. The van der Waals surface area contributed by atoms with Crippen molar-refractivity contribution in [3.63, 3.8) is 0 Å². The third-order valence-corrected chi connectivity index (χ3v) is 2.87. The molecule has 1 aromatic carbocycles. The maximum Gasteiger partial charge on any atom is 0.311 e. The van der Waals surface area contributed by atoms with Gasteiger partial charge in [-0.2, -0.15) is 0 Å². The van der Waals surface area contributed by atoms with Gasteiger partial charge in [0.2, 0.25) is 0 Å². The van der Waals surface area contributed by atoms with E-state index < -0.39 is 0 Å². The van der Waals surface area contributed by atoms with Crippen LogP contribution in [0.4, 0.5) is 0 Å². The van der Waals surface area contributed by atoms with Crippen LogP contribution < -0.4 is 5.32 Å². The Morgan fingerprint density at radius 2 is 2.33 bits per heavy atom. The van der Waals surface area contributed by atoms with Gasteiger partial charge >= 0.3 is 5.97 Å². The highest BCUT2D eigenvalue weighted by atomic mass is 16.5. The molecular formula is C12H15NO2. The van der Waals surface area contributed by atoms with Crippen LogP contribution in [0.2, 0.25) is 0 Å². The second-order valence-electron chi connectivity index (χ2n) is 3.93. The van der Waals surface area contributed by atoms with E-state index in [2.05, 4.69) is 24.4 Å². The molecule has 15 heavy (non-hydrogen) atoms. The SMILES string of the molecule is COC(=O)C1CNC1c1cccc(C)c1. The lowest BCUT2D eigenvalue weighted by atomic mass is 9.85. The molecule has 2 atom stereocenters. The maximum atomic E-state index is 11.4. The van der Waals surface area contributed by atoms with Crippen LogP contribution in [-0.4, -0.2) is 19.6 Å². The molecule has 1 aromatic rings. The van der Waals surface area contributed by atoms with Crippen LogP contribution in [0.25, 0.3) is 0 Å². The quantitative estimate of drug-likeness (QED) is 0.742. The van der Waals surface area contributed by atoms with Gasteiger partial charge in [0.15, 0.2) is 0 Å². The monoisotopic (exact) mass is 205 g/mol. The van der Waals surface area contributed by atoms with Crippen LogP contribution in [-0.2, 0) is 9.53 Å². The van der Waals surface area contributed by atoms with Gasteiger partial charge in [0.1, 0.15) is 0 Å². The second-order valence-corrected chi connectivity index (χ2v) is 3.93. The largest absolute Gasteiger partial charge is 0.469 e. The predicted molar refractivity (Wildman–Crippen MR) is 57.4 cm³/mol. The Labute approximate surface area is 89.4 Å². The van der Waals surface area contributed by atoms with Gasteiger partial charge in [0.05, 0.1) is 13.0 Å². The molecule has 0 spiro atoms. The van der Waals surface area contributed by atoms with E-state index in [1.165, 1.54) is 12.7 Å². The van der Waals surface area contributed by atoms with Crippen molar-refractivity contribution in [3.05, 3.63) is 35.4 Å². The summed E-state index contributed by atoms with van der Waals surface area (Å²) in [7, 11) is 1.44. The van der Waals surface area contributed by atoms with Crippen molar-refractivity contribution in [2.75, 3.05) is 13.7 Å². The van der Waals surface area contributed by atoms with Crippen molar-refractivity contribution < 1.29 is 9.53 Å². The highest BCUT2D eigenvalue weighted by molar-refractivity contribution is 5.75. The first-order valence-electron chi connectivity index (χ1n) is 5.10. The van der Waals surface area contributed by atoms with Crippen molar-refractivity contribution >= 4 is 5.97 Å². The fourth-order valence-electron chi connectivity index (χ4n) is 1.94. The lowest BCUT2D eigenvalue weighted by Crippen LogP contribution is -2.50. The van der Waals surface area contributed by atoms with Gasteiger partial charge in [-0.1, -0.05) is 29.8 Å². The average molecular weight is 205 g/mol. The van der Waals surface area contributed by atoms with E-state index >= 15 is 0 Å². The minimum absolute atomic E-state index is 0.0307. The highest BCUT2D eigenvalue weighted by Gasteiger charge is 2.37. The van der Waals surface area contributed by atoms with Crippen molar-refractivity contribution in [3.8, 4) is 0 Å². The summed E-state index contributed by atoms with van der Waals surface area (Å²) >= 11 is 0. The first-order valence-corrected chi connectivity index (χ1v) is 5.10. The van der Waals surface area contributed by atoms with Crippen LogP contribution in [0.1, 0.15) is 17.2 Å². The number of esters is 1. The smallest absolute Gasteiger partial charge is 0.311 e. The fourth-order valence-corrected chi connectivity index (χ4v) is 1.94. The van der Waals surface area contributed by atoms with Gasteiger partial charge in [0.25, 0.3) is 0 Å². The molecule has 1 aliphatic heterocycles. The van der Waals surface area contributed by atoms with E-state index in [1.54, 1.807) is 0 Å². The summed E-state index contributed by atoms with van der Waals surface area (Å²) in [6.07, 6.45) is 0. The van der Waals surface area contributed by atoms with Gasteiger partial charge < -0.3 is 10.1 Å². The number of nitrogens with one attached hydrogen (secondary N) is 1. The van der Waals surface area contributed by atoms with E-state index in [1.807, 2.05) is 12.1 Å². The standard InChI is InChI=1S/C12H15NO2/c1-8-4-3-5-9(6-8)11-10(7-13-11)12(14)15-2/h3-6,10-11,13H,7H2,1-2H3. The molecule has 0 saturated carbocycles. The summed E-state index contributed by atoms with van der Waals surface area (Å²) in [5.74, 6) is -0.156. The summed E-state index contributed by atoms with van der Waals surface area (Å²) in [6, 6.07) is 8.33. The van der Waals surface area contributed by atoms with E-state index in [-0.39, 0.29) is 17.9 Å². The van der Waals surface area contributed by atoms with Crippen molar-refractivity contribution in [2.24, 2.45) is 5.92 Å². The number of aryl methyl sites for hydroxylation is 1. The minimum atomic E-state index is -0.125. The van der Waals surface area contributed by atoms with Crippen molar-refractivity contribution in [2.45, 2.75) is 13.0 Å². The van der Waals surface area contributed by atoms with Crippen LogP contribution in [0, 0.1) is 12.8 Å². The molecule has 1 N–H and O–H groups in total. The van der Waals surface area contributed by atoms with E-state index in [4.69, 9.17) is 4.74 Å². The summed E-state index contributed by atoms with van der Waals surface area (Å²) in [5.41, 5.74) is 2.38. The summed E-state index contributed by atoms with van der Waals surface area (Å²) in [5, 5.41) is 3.25. The Bertz CT molecular complexity index is 376. The number of hydrogen-bond donors (Lipinski definition) is 1. The summed E-state index contributed by atoms with van der Waals surface area (Å²) in [6.45, 7) is 2.76. The molecule has 3 heteroatoms. The zero-order valence-electron chi connectivity index (χ0n) is 8.99. The van der Waals surface area contributed by atoms with Crippen molar-refractivity contribution in [1.29, 1.82) is 0 Å². The molecule has 0 aromatic heterocycles. The van der Waals surface area contributed by atoms with E-state index in [9.17, 15) is 4.79 Å². The second kappa shape index (κ2) is 4.03. The van der Waals surface area contributed by atoms with Gasteiger partial charge in [-0.05, 0) is 12.5 Å². The molecule has 2 rings (SSSR count). The first-order chi connectivity index (χ1) is 7.22. The number of methoxy groups -OCH3 is 1. The third kappa shape index (κ3) is 1.88. The molecule has 0 bridgehead atoms. The maximum absolute atomic E-state index is 11.4. The summed E-state index contributed by atoms with van der Waals surface area (Å²) < 4.78 is 4.76. The Hall–Kier alpha value is -1.35. The van der Waals surface area contributed by atoms with Gasteiger partial charge in [-0.15, -0.1) is 0 Å². The normalized spacial score (nSPS) is 24.4. The number of benzene rings is 1. The lowest BCUT2D eigenvalue weighted by Gasteiger charge is -2.36. The van der Waals surface area contributed by atoms with Crippen LogP contribution in [0.5, 0.6) is 0 Å². The van der Waals surface area contributed by atoms with Crippen LogP contribution in [0.15, 0.2) is 24.3 Å². The molecule has 0 amide bonds. The summed E-state index contributed by atoms with van der Waals surface area (Å²) in [4.78, 5) is 11.4.